The summed E-state index contributed by atoms with van der Waals surface area (Å²) in [6.07, 6.45) is 0. The fourth-order valence-corrected chi connectivity index (χ4v) is 3.93. The number of hydrogen-bond acceptors (Lipinski definition) is 5. The van der Waals surface area contributed by atoms with Crippen molar-refractivity contribution in [3.63, 3.8) is 0 Å². The molecule has 6 heteroatoms. The molecule has 0 bridgehead atoms. The smallest absolute Gasteiger partial charge is 0.225 e. The summed E-state index contributed by atoms with van der Waals surface area (Å²) in [6, 6.07) is 2.03. The summed E-state index contributed by atoms with van der Waals surface area (Å²) in [7, 11) is 0. The maximum Gasteiger partial charge on any atom is 0.225 e. The molecule has 2 saturated heterocycles. The molecular weight excluding hydrogens is 260 g/mol. The van der Waals surface area contributed by atoms with Crippen molar-refractivity contribution in [2.45, 2.75) is 6.92 Å². The second-order valence-corrected chi connectivity index (χ2v) is 6.16. The quantitative estimate of drug-likeness (QED) is 0.848. The summed E-state index contributed by atoms with van der Waals surface area (Å²) in [6.45, 7) is 4.41. The van der Waals surface area contributed by atoms with Crippen LogP contribution in [-0.4, -0.2) is 35.5 Å². The lowest BCUT2D eigenvalue weighted by Gasteiger charge is -2.19. The van der Waals surface area contributed by atoms with Crippen LogP contribution in [0.5, 0.6) is 0 Å². The van der Waals surface area contributed by atoms with E-state index in [1.165, 1.54) is 0 Å². The standard InChI is InChI=1S/C13H14N4OS/c1-7-15-10-2-3-19-11(10)12(16-7)17-5-8-4-14-13(18)9(8)6-17/h2-3,8-9H,4-6H2,1H3,(H,14,18)/t8-,9+/m0/s1. The van der Waals surface area contributed by atoms with E-state index >= 15 is 0 Å². The summed E-state index contributed by atoms with van der Waals surface area (Å²) in [5.74, 6) is 2.55. The van der Waals surface area contributed by atoms with E-state index in [1.807, 2.05) is 18.4 Å². The molecule has 2 aliphatic heterocycles. The number of fused-ring (bicyclic) bond motifs is 2. The number of aromatic nitrogens is 2. The molecule has 5 nitrogen and oxygen atoms in total. The Labute approximate surface area is 114 Å². The van der Waals surface area contributed by atoms with Gasteiger partial charge in [0.05, 0.1) is 16.1 Å². The predicted octanol–water partition coefficient (Wildman–Crippen LogP) is 1.18. The van der Waals surface area contributed by atoms with Crippen molar-refractivity contribution < 1.29 is 4.79 Å². The van der Waals surface area contributed by atoms with Crippen LogP contribution >= 0.6 is 11.3 Å². The molecule has 98 valence electrons. The monoisotopic (exact) mass is 274 g/mol. The Morgan fingerprint density at radius 2 is 2.32 bits per heavy atom. The van der Waals surface area contributed by atoms with Crippen LogP contribution in [0.3, 0.4) is 0 Å². The first kappa shape index (κ1) is 11.2. The lowest BCUT2D eigenvalue weighted by atomic mass is 10.0. The zero-order chi connectivity index (χ0) is 13.0. The van der Waals surface area contributed by atoms with Crippen molar-refractivity contribution in [3.8, 4) is 0 Å². The minimum absolute atomic E-state index is 0.130. The molecule has 2 atom stereocenters. The minimum atomic E-state index is 0.130. The molecule has 2 fully saturated rings. The Hall–Kier alpha value is -1.69. The maximum absolute atomic E-state index is 11.7. The number of anilines is 1. The summed E-state index contributed by atoms with van der Waals surface area (Å²) >= 11 is 1.67. The van der Waals surface area contributed by atoms with Crippen molar-refractivity contribution in [2.24, 2.45) is 11.8 Å². The number of amides is 1. The van der Waals surface area contributed by atoms with Gasteiger partial charge in [-0.15, -0.1) is 11.3 Å². The molecule has 2 aliphatic rings. The van der Waals surface area contributed by atoms with E-state index in [9.17, 15) is 4.79 Å². The third-order valence-corrected chi connectivity index (χ3v) is 4.91. The molecule has 4 heterocycles. The average molecular weight is 274 g/mol. The number of nitrogens with one attached hydrogen (secondary N) is 1. The van der Waals surface area contributed by atoms with Gasteiger partial charge in [0.15, 0.2) is 0 Å². The van der Waals surface area contributed by atoms with Crippen LogP contribution in [0.1, 0.15) is 5.82 Å². The van der Waals surface area contributed by atoms with Gasteiger partial charge in [-0.2, -0.15) is 0 Å². The van der Waals surface area contributed by atoms with Gasteiger partial charge in [0, 0.05) is 25.6 Å². The number of rotatable bonds is 1. The topological polar surface area (TPSA) is 58.1 Å². The largest absolute Gasteiger partial charge is 0.355 e. The normalized spacial score (nSPS) is 25.9. The van der Waals surface area contributed by atoms with E-state index in [0.29, 0.717) is 5.92 Å². The summed E-state index contributed by atoms with van der Waals surface area (Å²) < 4.78 is 1.13. The third-order valence-electron chi connectivity index (χ3n) is 4.01. The highest BCUT2D eigenvalue weighted by atomic mass is 32.1. The number of hydrogen-bond donors (Lipinski definition) is 1. The van der Waals surface area contributed by atoms with E-state index in [0.717, 1.165) is 41.5 Å². The predicted molar refractivity (Wildman–Crippen MR) is 74.4 cm³/mol. The first-order valence-corrected chi connectivity index (χ1v) is 7.35. The molecule has 0 radical (unpaired) electrons. The Balaban J connectivity index is 1.75. The highest BCUT2D eigenvalue weighted by Gasteiger charge is 2.42. The van der Waals surface area contributed by atoms with Gasteiger partial charge in [-0.25, -0.2) is 9.97 Å². The van der Waals surface area contributed by atoms with Crippen LogP contribution in [0.25, 0.3) is 10.2 Å². The van der Waals surface area contributed by atoms with E-state index in [2.05, 4.69) is 20.2 Å². The van der Waals surface area contributed by atoms with Gasteiger partial charge in [-0.05, 0) is 18.4 Å². The van der Waals surface area contributed by atoms with Crippen molar-refractivity contribution in [1.29, 1.82) is 0 Å². The van der Waals surface area contributed by atoms with Crippen molar-refractivity contribution in [3.05, 3.63) is 17.3 Å². The fraction of sp³-hybridized carbons (Fsp3) is 0.462. The number of carbonyl (C=O) groups is 1. The first-order chi connectivity index (χ1) is 9.22. The van der Waals surface area contributed by atoms with Crippen molar-refractivity contribution >= 4 is 33.3 Å². The van der Waals surface area contributed by atoms with E-state index in [-0.39, 0.29) is 11.8 Å². The second kappa shape index (κ2) is 3.90. The maximum atomic E-state index is 11.7. The summed E-state index contributed by atoms with van der Waals surface area (Å²) in [5, 5.41) is 4.99. The zero-order valence-corrected chi connectivity index (χ0v) is 11.4. The van der Waals surface area contributed by atoms with Crippen LogP contribution in [-0.2, 0) is 4.79 Å². The van der Waals surface area contributed by atoms with Crippen LogP contribution in [0.15, 0.2) is 11.4 Å². The lowest BCUT2D eigenvalue weighted by Crippen LogP contribution is -2.29. The molecule has 0 spiro atoms. The second-order valence-electron chi connectivity index (χ2n) is 5.25. The van der Waals surface area contributed by atoms with Gasteiger partial charge >= 0.3 is 0 Å². The van der Waals surface area contributed by atoms with Crippen molar-refractivity contribution in [2.75, 3.05) is 24.5 Å². The number of carbonyl (C=O) groups excluding carboxylic acids is 1. The van der Waals surface area contributed by atoms with Crippen LogP contribution < -0.4 is 10.2 Å². The van der Waals surface area contributed by atoms with E-state index in [4.69, 9.17) is 0 Å². The highest BCUT2D eigenvalue weighted by Crippen LogP contribution is 2.35. The van der Waals surface area contributed by atoms with Gasteiger partial charge in [0.25, 0.3) is 0 Å². The minimum Gasteiger partial charge on any atom is -0.355 e. The zero-order valence-electron chi connectivity index (χ0n) is 10.6. The van der Waals surface area contributed by atoms with Crippen LogP contribution in [0, 0.1) is 18.8 Å². The molecule has 4 rings (SSSR count). The molecule has 0 aromatic carbocycles. The molecule has 1 N–H and O–H groups in total. The average Bonchev–Trinajstić information content (AvgIpc) is 3.05. The van der Waals surface area contributed by atoms with E-state index < -0.39 is 0 Å². The Morgan fingerprint density at radius 3 is 3.16 bits per heavy atom. The van der Waals surface area contributed by atoms with Gasteiger partial charge in [-0.3, -0.25) is 4.79 Å². The molecule has 0 unspecified atom stereocenters. The molecule has 1 amide bonds. The Kier molecular flexibility index (Phi) is 2.29. The van der Waals surface area contributed by atoms with Gasteiger partial charge < -0.3 is 10.2 Å². The van der Waals surface area contributed by atoms with Gasteiger partial charge in [-0.1, -0.05) is 0 Å². The Morgan fingerprint density at radius 1 is 1.42 bits per heavy atom. The highest BCUT2D eigenvalue weighted by molar-refractivity contribution is 7.17. The molecule has 0 aliphatic carbocycles. The van der Waals surface area contributed by atoms with E-state index in [1.54, 1.807) is 11.3 Å². The third kappa shape index (κ3) is 1.63. The van der Waals surface area contributed by atoms with Crippen LogP contribution in [0.2, 0.25) is 0 Å². The summed E-state index contributed by atoms with van der Waals surface area (Å²) in [5.41, 5.74) is 1.01. The fourth-order valence-electron chi connectivity index (χ4n) is 3.09. The SMILES string of the molecule is Cc1nc(N2C[C@@H]3CNC(=O)[C@@H]3C2)c2sccc2n1. The molecular formula is C13H14N4OS. The van der Waals surface area contributed by atoms with Crippen molar-refractivity contribution in [1.82, 2.24) is 15.3 Å². The number of nitrogens with zero attached hydrogens (tertiary/aromatic N) is 3. The Bertz CT molecular complexity index is 668. The number of thiophene rings is 1. The molecule has 2 aromatic rings. The van der Waals surface area contributed by atoms with Gasteiger partial charge in [0.1, 0.15) is 11.6 Å². The molecule has 0 saturated carbocycles. The lowest BCUT2D eigenvalue weighted by molar-refractivity contribution is -0.122. The molecule has 2 aromatic heterocycles. The molecule has 19 heavy (non-hydrogen) atoms. The van der Waals surface area contributed by atoms with Gasteiger partial charge in [0.2, 0.25) is 5.91 Å². The van der Waals surface area contributed by atoms with Crippen LogP contribution in [0.4, 0.5) is 5.82 Å². The summed E-state index contributed by atoms with van der Waals surface area (Å²) in [4.78, 5) is 23.0. The number of aryl methyl sites for hydroxylation is 1. The first-order valence-electron chi connectivity index (χ1n) is 6.47.